The number of aliphatic carboxylic acids is 1. The Balaban J connectivity index is 2.66. The third kappa shape index (κ3) is 3.80. The monoisotopic (exact) mass is 255 g/mol. The lowest BCUT2D eigenvalue weighted by Crippen LogP contribution is -2.26. The van der Waals surface area contributed by atoms with Crippen molar-refractivity contribution in [2.45, 2.75) is 52.7 Å². The maximum atomic E-state index is 11.0. The minimum absolute atomic E-state index is 0.398. The van der Waals surface area contributed by atoms with Gasteiger partial charge in [0.05, 0.1) is 0 Å². The Morgan fingerprint density at radius 1 is 1.39 bits per heavy atom. The topological polar surface area (TPSA) is 77.2 Å². The molecule has 0 bridgehead atoms. The molecular weight excluding hydrogens is 234 g/mol. The van der Waals surface area contributed by atoms with Crippen molar-refractivity contribution in [1.82, 2.24) is 14.8 Å². The van der Waals surface area contributed by atoms with Gasteiger partial charge < -0.3 is 9.84 Å². The van der Waals surface area contributed by atoms with E-state index in [1.165, 1.54) is 0 Å². The van der Waals surface area contributed by atoms with E-state index in [1.54, 1.807) is 11.6 Å². The quantitative estimate of drug-likeness (QED) is 0.757. The van der Waals surface area contributed by atoms with E-state index in [9.17, 15) is 4.79 Å². The highest BCUT2D eigenvalue weighted by molar-refractivity contribution is 5.72. The van der Waals surface area contributed by atoms with Crippen LogP contribution >= 0.6 is 0 Å². The molecule has 0 aromatic carbocycles. The van der Waals surface area contributed by atoms with Crippen molar-refractivity contribution in [3.8, 4) is 0 Å². The zero-order valence-corrected chi connectivity index (χ0v) is 11.2. The van der Waals surface area contributed by atoms with Crippen LogP contribution in [0.5, 0.6) is 0 Å². The lowest BCUT2D eigenvalue weighted by Gasteiger charge is -2.12. The van der Waals surface area contributed by atoms with Crippen molar-refractivity contribution in [1.29, 1.82) is 0 Å². The first-order valence-corrected chi connectivity index (χ1v) is 6.39. The Morgan fingerprint density at radius 3 is 2.61 bits per heavy atom. The van der Waals surface area contributed by atoms with Gasteiger partial charge in [-0.05, 0) is 6.92 Å². The van der Waals surface area contributed by atoms with Crippen LogP contribution in [0.15, 0.2) is 0 Å². The number of carboxylic acids is 1. The zero-order chi connectivity index (χ0) is 13.5. The number of ether oxygens (including phenoxy) is 1. The van der Waals surface area contributed by atoms with Crippen LogP contribution in [0.2, 0.25) is 0 Å². The second-order valence-electron chi connectivity index (χ2n) is 3.95. The van der Waals surface area contributed by atoms with Crippen LogP contribution in [0, 0.1) is 0 Å². The Kier molecular flexibility index (Phi) is 5.77. The minimum atomic E-state index is -0.925. The molecule has 0 radical (unpaired) electrons. The van der Waals surface area contributed by atoms with Crippen LogP contribution in [0.1, 0.15) is 38.8 Å². The first-order chi connectivity index (χ1) is 8.62. The van der Waals surface area contributed by atoms with Gasteiger partial charge in [-0.25, -0.2) is 14.5 Å². The number of nitrogens with zero attached hydrogens (tertiary/aromatic N) is 3. The summed E-state index contributed by atoms with van der Waals surface area (Å²) in [6, 6.07) is 0. The van der Waals surface area contributed by atoms with E-state index in [1.807, 2.05) is 13.8 Å². The lowest BCUT2D eigenvalue weighted by molar-refractivity contribution is -0.150. The Bertz CT molecular complexity index is 390. The van der Waals surface area contributed by atoms with Gasteiger partial charge in [0.1, 0.15) is 5.82 Å². The summed E-state index contributed by atoms with van der Waals surface area (Å²) in [5.74, 6) is 0.772. The third-order valence-electron chi connectivity index (χ3n) is 2.67. The lowest BCUT2D eigenvalue weighted by atomic mass is 10.2. The van der Waals surface area contributed by atoms with Crippen LogP contribution in [0.4, 0.5) is 0 Å². The van der Waals surface area contributed by atoms with Crippen molar-refractivity contribution in [2.24, 2.45) is 0 Å². The molecule has 0 amide bonds. The molecule has 0 saturated heterocycles. The van der Waals surface area contributed by atoms with E-state index in [0.29, 0.717) is 19.6 Å². The molecular formula is C12H21N3O3. The van der Waals surface area contributed by atoms with Gasteiger partial charge in [0, 0.05) is 32.4 Å². The highest BCUT2D eigenvalue weighted by atomic mass is 16.5. The van der Waals surface area contributed by atoms with Crippen molar-refractivity contribution in [3.63, 3.8) is 0 Å². The van der Waals surface area contributed by atoms with E-state index in [0.717, 1.165) is 24.5 Å². The number of carboxylic acid groups (broad SMARTS) is 1. The molecule has 6 heteroatoms. The first-order valence-electron chi connectivity index (χ1n) is 6.39. The standard InChI is InChI=1S/C12H21N3O3/c1-4-10-13-11(5-2)15(14-10)8-7-9(12(16)17)18-6-3/h9H,4-8H2,1-3H3,(H,16,17). The minimum Gasteiger partial charge on any atom is -0.479 e. The second kappa shape index (κ2) is 7.10. The molecule has 18 heavy (non-hydrogen) atoms. The molecule has 0 fully saturated rings. The van der Waals surface area contributed by atoms with E-state index < -0.39 is 12.1 Å². The second-order valence-corrected chi connectivity index (χ2v) is 3.95. The summed E-state index contributed by atoms with van der Waals surface area (Å²) in [6.07, 6.45) is 1.21. The predicted octanol–water partition coefficient (Wildman–Crippen LogP) is 1.28. The number of hydrogen-bond acceptors (Lipinski definition) is 4. The van der Waals surface area contributed by atoms with Gasteiger partial charge in [-0.1, -0.05) is 13.8 Å². The molecule has 0 aliphatic carbocycles. The van der Waals surface area contributed by atoms with Crippen LogP contribution in [0.25, 0.3) is 0 Å². The van der Waals surface area contributed by atoms with Crippen LogP contribution in [-0.2, 0) is 28.9 Å². The number of aromatic nitrogens is 3. The summed E-state index contributed by atoms with van der Waals surface area (Å²) in [4.78, 5) is 15.3. The summed E-state index contributed by atoms with van der Waals surface area (Å²) in [5.41, 5.74) is 0. The predicted molar refractivity (Wildman–Crippen MR) is 66.4 cm³/mol. The molecule has 1 heterocycles. The average Bonchev–Trinajstić information content (AvgIpc) is 2.76. The van der Waals surface area contributed by atoms with Gasteiger partial charge in [-0.2, -0.15) is 5.10 Å². The van der Waals surface area contributed by atoms with E-state index in [2.05, 4.69) is 10.1 Å². The van der Waals surface area contributed by atoms with Gasteiger partial charge in [-0.15, -0.1) is 0 Å². The third-order valence-corrected chi connectivity index (χ3v) is 2.67. The molecule has 0 saturated carbocycles. The molecule has 1 aromatic rings. The fraction of sp³-hybridized carbons (Fsp3) is 0.750. The van der Waals surface area contributed by atoms with E-state index in [4.69, 9.17) is 9.84 Å². The smallest absolute Gasteiger partial charge is 0.332 e. The van der Waals surface area contributed by atoms with Gasteiger partial charge >= 0.3 is 5.97 Å². The van der Waals surface area contributed by atoms with Gasteiger partial charge in [0.25, 0.3) is 0 Å². The maximum Gasteiger partial charge on any atom is 0.332 e. The van der Waals surface area contributed by atoms with Crippen molar-refractivity contribution < 1.29 is 14.6 Å². The van der Waals surface area contributed by atoms with Crippen LogP contribution in [0.3, 0.4) is 0 Å². The van der Waals surface area contributed by atoms with Crippen LogP contribution < -0.4 is 0 Å². The number of carbonyl (C=O) groups is 1. The largest absolute Gasteiger partial charge is 0.479 e. The molecule has 1 unspecified atom stereocenters. The SMILES string of the molecule is CCOC(CCn1nc(CC)nc1CC)C(=O)O. The molecule has 1 atom stereocenters. The molecule has 6 nitrogen and oxygen atoms in total. The molecule has 0 spiro atoms. The Labute approximate surface area is 107 Å². The van der Waals surface area contributed by atoms with Crippen molar-refractivity contribution in [3.05, 3.63) is 11.6 Å². The van der Waals surface area contributed by atoms with Gasteiger partial charge in [-0.3, -0.25) is 0 Å². The number of hydrogen-bond donors (Lipinski definition) is 1. The van der Waals surface area contributed by atoms with E-state index in [-0.39, 0.29) is 0 Å². The molecule has 1 N–H and O–H groups in total. The molecule has 102 valence electrons. The summed E-state index contributed by atoms with van der Waals surface area (Å²) in [5, 5.41) is 13.3. The fourth-order valence-corrected chi connectivity index (χ4v) is 1.74. The summed E-state index contributed by atoms with van der Waals surface area (Å²) in [7, 11) is 0. The maximum absolute atomic E-state index is 11.0. The highest BCUT2D eigenvalue weighted by Crippen LogP contribution is 2.06. The number of rotatable bonds is 8. The normalized spacial score (nSPS) is 12.6. The molecule has 1 aromatic heterocycles. The molecule has 0 aliphatic heterocycles. The average molecular weight is 255 g/mol. The van der Waals surface area contributed by atoms with Gasteiger partial charge in [0.15, 0.2) is 11.9 Å². The first kappa shape index (κ1) is 14.6. The number of aryl methyl sites for hydroxylation is 3. The Morgan fingerprint density at radius 2 is 2.11 bits per heavy atom. The van der Waals surface area contributed by atoms with Gasteiger partial charge in [0.2, 0.25) is 0 Å². The molecule has 0 aliphatic rings. The van der Waals surface area contributed by atoms with Crippen LogP contribution in [-0.4, -0.2) is 38.6 Å². The summed E-state index contributed by atoms with van der Waals surface area (Å²) < 4.78 is 6.96. The van der Waals surface area contributed by atoms with E-state index >= 15 is 0 Å². The van der Waals surface area contributed by atoms with Crippen molar-refractivity contribution in [2.75, 3.05) is 6.61 Å². The molecule has 1 rings (SSSR count). The summed E-state index contributed by atoms with van der Waals surface area (Å²) >= 11 is 0. The van der Waals surface area contributed by atoms with Crippen molar-refractivity contribution >= 4 is 5.97 Å². The Hall–Kier alpha value is -1.43. The zero-order valence-electron chi connectivity index (χ0n) is 11.2. The highest BCUT2D eigenvalue weighted by Gasteiger charge is 2.18. The summed E-state index contributed by atoms with van der Waals surface area (Å²) in [6.45, 7) is 6.72. The fourth-order valence-electron chi connectivity index (χ4n) is 1.74.